The van der Waals surface area contributed by atoms with E-state index in [0.717, 1.165) is 6.92 Å². The fourth-order valence-electron chi connectivity index (χ4n) is 0.488. The van der Waals surface area contributed by atoms with Crippen LogP contribution in [0.1, 0.15) is 20.8 Å². The van der Waals surface area contributed by atoms with Crippen molar-refractivity contribution in [3.8, 4) is 0 Å². The van der Waals surface area contributed by atoms with Crippen LogP contribution in [0.2, 0.25) is 0 Å². The fourth-order valence-corrected chi connectivity index (χ4v) is 0.488. The quantitative estimate of drug-likeness (QED) is 0.654. The number of hydrogen-bond acceptors (Lipinski definition) is 2. The van der Waals surface area contributed by atoms with Crippen LogP contribution in [0, 0.1) is 0 Å². The van der Waals surface area contributed by atoms with E-state index in [9.17, 15) is 8.78 Å². The first-order valence-electron chi connectivity index (χ1n) is 3.60. The number of rotatable bonds is 4. The summed E-state index contributed by atoms with van der Waals surface area (Å²) >= 11 is 0. The summed E-state index contributed by atoms with van der Waals surface area (Å²) < 4.78 is 23.9. The van der Waals surface area contributed by atoms with Gasteiger partial charge in [0.1, 0.15) is 5.60 Å². The fraction of sp³-hybridized carbons (Fsp3) is 1.00. The molecule has 0 fully saturated rings. The van der Waals surface area contributed by atoms with Gasteiger partial charge in [-0.25, -0.2) is 8.78 Å². The highest BCUT2D eigenvalue weighted by Crippen LogP contribution is 2.13. The lowest BCUT2D eigenvalue weighted by atomic mass is 10.1. The van der Waals surface area contributed by atoms with E-state index in [0.29, 0.717) is 0 Å². The van der Waals surface area contributed by atoms with Crippen LogP contribution in [-0.4, -0.2) is 29.7 Å². The van der Waals surface area contributed by atoms with Gasteiger partial charge in [-0.15, -0.1) is 0 Å². The van der Waals surface area contributed by atoms with Crippen molar-refractivity contribution in [3.05, 3.63) is 0 Å². The van der Waals surface area contributed by atoms with Gasteiger partial charge in [0.15, 0.2) is 0 Å². The van der Waals surface area contributed by atoms with E-state index in [4.69, 9.17) is 5.11 Å². The van der Waals surface area contributed by atoms with Crippen LogP contribution in [0.4, 0.5) is 8.78 Å². The predicted octanol–water partition coefficient (Wildman–Crippen LogP) is 1.00. The molecule has 0 rings (SSSR count). The summed E-state index contributed by atoms with van der Waals surface area (Å²) in [5.74, 6) is 0. The summed E-state index contributed by atoms with van der Waals surface area (Å²) in [6.07, 6.45) is -2.70. The molecule has 0 aliphatic heterocycles. The molecular formula is C7H15F2NO. The summed E-state index contributed by atoms with van der Waals surface area (Å²) in [7, 11) is 0. The standard InChI is InChI=1S/C7H15F2NO/c1-5(2)10-4-7(3,11)6(8)9/h5-6,10-11H,4H2,1-3H3. The Hall–Kier alpha value is -0.220. The number of alkyl halides is 2. The lowest BCUT2D eigenvalue weighted by Gasteiger charge is -2.23. The molecule has 0 spiro atoms. The van der Waals surface area contributed by atoms with Crippen molar-refractivity contribution in [1.29, 1.82) is 0 Å². The Labute approximate surface area is 65.6 Å². The van der Waals surface area contributed by atoms with Crippen molar-refractivity contribution >= 4 is 0 Å². The predicted molar refractivity (Wildman–Crippen MR) is 39.8 cm³/mol. The summed E-state index contributed by atoms with van der Waals surface area (Å²) in [4.78, 5) is 0. The minimum atomic E-state index is -2.70. The van der Waals surface area contributed by atoms with E-state index in [-0.39, 0.29) is 12.6 Å². The van der Waals surface area contributed by atoms with Crippen molar-refractivity contribution in [2.24, 2.45) is 0 Å². The molecule has 1 atom stereocenters. The first-order chi connectivity index (χ1) is 4.86. The van der Waals surface area contributed by atoms with Gasteiger partial charge in [-0.05, 0) is 6.92 Å². The SMILES string of the molecule is CC(C)NCC(C)(O)C(F)F. The Kier molecular flexibility index (Phi) is 3.89. The highest BCUT2D eigenvalue weighted by Gasteiger charge is 2.31. The average Bonchev–Trinajstić information content (AvgIpc) is 1.84. The molecule has 4 heteroatoms. The highest BCUT2D eigenvalue weighted by molar-refractivity contribution is 4.78. The van der Waals surface area contributed by atoms with Crippen molar-refractivity contribution < 1.29 is 13.9 Å². The van der Waals surface area contributed by atoms with E-state index < -0.39 is 12.0 Å². The van der Waals surface area contributed by atoms with Crippen molar-refractivity contribution in [1.82, 2.24) is 5.32 Å². The molecule has 0 saturated heterocycles. The van der Waals surface area contributed by atoms with Crippen LogP contribution in [0.15, 0.2) is 0 Å². The van der Waals surface area contributed by atoms with E-state index >= 15 is 0 Å². The molecule has 0 aliphatic rings. The molecule has 2 N–H and O–H groups in total. The Morgan fingerprint density at radius 2 is 1.91 bits per heavy atom. The van der Waals surface area contributed by atoms with Gasteiger partial charge in [0.05, 0.1) is 0 Å². The molecule has 0 amide bonds. The van der Waals surface area contributed by atoms with Gasteiger partial charge in [0, 0.05) is 12.6 Å². The van der Waals surface area contributed by atoms with E-state index in [1.54, 1.807) is 0 Å². The van der Waals surface area contributed by atoms with Gasteiger partial charge in [-0.2, -0.15) is 0 Å². The molecule has 68 valence electrons. The average molecular weight is 167 g/mol. The zero-order chi connectivity index (χ0) is 9.07. The second-order valence-electron chi connectivity index (χ2n) is 3.19. The molecule has 0 aromatic rings. The number of halogens is 2. The van der Waals surface area contributed by atoms with E-state index in [1.807, 2.05) is 13.8 Å². The molecule has 0 aromatic heterocycles. The highest BCUT2D eigenvalue weighted by atomic mass is 19.3. The van der Waals surface area contributed by atoms with Gasteiger partial charge in [-0.3, -0.25) is 0 Å². The van der Waals surface area contributed by atoms with Crippen LogP contribution in [-0.2, 0) is 0 Å². The third kappa shape index (κ3) is 4.27. The van der Waals surface area contributed by atoms with Crippen molar-refractivity contribution in [2.75, 3.05) is 6.54 Å². The molecule has 0 aromatic carbocycles. The Morgan fingerprint density at radius 3 is 2.18 bits per heavy atom. The molecule has 0 saturated carbocycles. The molecule has 0 aliphatic carbocycles. The second-order valence-corrected chi connectivity index (χ2v) is 3.19. The normalized spacial score (nSPS) is 17.5. The summed E-state index contributed by atoms with van der Waals surface area (Å²) in [5, 5.41) is 11.8. The smallest absolute Gasteiger partial charge is 0.267 e. The van der Waals surface area contributed by atoms with Crippen LogP contribution in [0.5, 0.6) is 0 Å². The molecule has 0 radical (unpaired) electrons. The lowest BCUT2D eigenvalue weighted by molar-refractivity contribution is -0.0815. The zero-order valence-electron chi connectivity index (χ0n) is 7.06. The van der Waals surface area contributed by atoms with Crippen LogP contribution < -0.4 is 5.32 Å². The van der Waals surface area contributed by atoms with Gasteiger partial charge in [0.2, 0.25) is 0 Å². The maximum Gasteiger partial charge on any atom is 0.267 e. The monoisotopic (exact) mass is 167 g/mol. The number of hydrogen-bond donors (Lipinski definition) is 2. The summed E-state index contributed by atoms with van der Waals surface area (Å²) in [5.41, 5.74) is -1.91. The maximum absolute atomic E-state index is 12.0. The largest absolute Gasteiger partial charge is 0.383 e. The molecule has 0 bridgehead atoms. The third-order valence-electron chi connectivity index (χ3n) is 1.34. The summed E-state index contributed by atoms with van der Waals surface area (Å²) in [6, 6.07) is 0.111. The summed E-state index contributed by atoms with van der Waals surface area (Å²) in [6.45, 7) is 4.71. The third-order valence-corrected chi connectivity index (χ3v) is 1.34. The number of aliphatic hydroxyl groups is 1. The first-order valence-corrected chi connectivity index (χ1v) is 3.60. The van der Waals surface area contributed by atoms with E-state index in [1.165, 1.54) is 0 Å². The Balaban J connectivity index is 3.73. The Morgan fingerprint density at radius 1 is 1.45 bits per heavy atom. The molecule has 2 nitrogen and oxygen atoms in total. The topological polar surface area (TPSA) is 32.3 Å². The molecule has 1 unspecified atom stereocenters. The van der Waals surface area contributed by atoms with Crippen LogP contribution in [0.25, 0.3) is 0 Å². The first kappa shape index (κ1) is 10.8. The van der Waals surface area contributed by atoms with Gasteiger partial charge in [-0.1, -0.05) is 13.8 Å². The maximum atomic E-state index is 12.0. The van der Waals surface area contributed by atoms with Crippen molar-refractivity contribution in [2.45, 2.75) is 38.8 Å². The van der Waals surface area contributed by atoms with E-state index in [2.05, 4.69) is 5.32 Å². The van der Waals surface area contributed by atoms with Gasteiger partial charge >= 0.3 is 0 Å². The molecular weight excluding hydrogens is 152 g/mol. The van der Waals surface area contributed by atoms with Crippen LogP contribution in [0.3, 0.4) is 0 Å². The molecule has 0 heterocycles. The van der Waals surface area contributed by atoms with Gasteiger partial charge in [0.25, 0.3) is 6.43 Å². The number of nitrogens with one attached hydrogen (secondary N) is 1. The molecule has 11 heavy (non-hydrogen) atoms. The lowest BCUT2D eigenvalue weighted by Crippen LogP contribution is -2.45. The zero-order valence-corrected chi connectivity index (χ0v) is 7.06. The minimum absolute atomic E-state index is 0.0810. The Bertz CT molecular complexity index is 115. The second kappa shape index (κ2) is 3.97. The van der Waals surface area contributed by atoms with Crippen LogP contribution >= 0.6 is 0 Å². The van der Waals surface area contributed by atoms with Gasteiger partial charge < -0.3 is 10.4 Å². The minimum Gasteiger partial charge on any atom is -0.383 e. The van der Waals surface area contributed by atoms with Crippen molar-refractivity contribution in [3.63, 3.8) is 0 Å².